The quantitative estimate of drug-likeness (QED) is 0.706. The van der Waals surface area contributed by atoms with Crippen molar-refractivity contribution in [2.75, 3.05) is 6.54 Å². The van der Waals surface area contributed by atoms with E-state index < -0.39 is 6.04 Å². The largest absolute Gasteiger partial charge is 0.459 e. The number of carbonyl (C=O) groups is 2. The smallest absolute Gasteiger partial charge is 0.345 e. The third-order valence-electron chi connectivity index (χ3n) is 6.37. The molecule has 1 unspecified atom stereocenters. The molecule has 2 aromatic rings. The Balaban J connectivity index is 1.28. The lowest BCUT2D eigenvalue weighted by Crippen LogP contribution is -2.49. The first-order valence-corrected chi connectivity index (χ1v) is 10.1. The zero-order chi connectivity index (χ0) is 19.8. The van der Waals surface area contributed by atoms with Crippen molar-refractivity contribution in [3.63, 3.8) is 0 Å². The van der Waals surface area contributed by atoms with Gasteiger partial charge in [0, 0.05) is 6.54 Å². The topological polar surface area (TPSA) is 59.1 Å². The predicted molar refractivity (Wildman–Crippen MR) is 105 cm³/mol. The molecule has 2 bridgehead atoms. The van der Waals surface area contributed by atoms with Crippen LogP contribution in [0, 0.1) is 5.41 Å². The Labute approximate surface area is 170 Å². The van der Waals surface area contributed by atoms with Crippen LogP contribution in [-0.2, 0) is 27.6 Å². The number of piperidine rings is 1. The first-order chi connectivity index (χ1) is 14.2. The maximum Gasteiger partial charge on any atom is 0.345 e. The summed E-state index contributed by atoms with van der Waals surface area (Å²) in [4.78, 5) is 33.4. The number of hydrogen-bond donors (Lipinski definition) is 0. The highest BCUT2D eigenvalue weighted by Crippen LogP contribution is 2.59. The summed E-state index contributed by atoms with van der Waals surface area (Å²) in [6.07, 6.45) is 2.70. The Kier molecular flexibility index (Phi) is 4.51. The minimum atomic E-state index is -0.532. The van der Waals surface area contributed by atoms with E-state index in [9.17, 15) is 9.59 Å². The van der Waals surface area contributed by atoms with E-state index in [1.54, 1.807) is 4.90 Å². The molecule has 150 valence electrons. The van der Waals surface area contributed by atoms with Gasteiger partial charge in [-0.1, -0.05) is 60.7 Å². The van der Waals surface area contributed by atoms with Crippen LogP contribution in [0.15, 0.2) is 60.7 Å². The highest BCUT2D eigenvalue weighted by molar-refractivity contribution is 5.86. The van der Waals surface area contributed by atoms with Crippen LogP contribution in [0.2, 0.25) is 0 Å². The molecular formula is C23H24N2O4. The molecule has 1 aliphatic carbocycles. The number of fused-ring (bicyclic) bond motifs is 3. The maximum absolute atomic E-state index is 13.0. The van der Waals surface area contributed by atoms with Gasteiger partial charge in [-0.15, -0.1) is 0 Å². The van der Waals surface area contributed by atoms with Crippen LogP contribution in [0.25, 0.3) is 0 Å². The van der Waals surface area contributed by atoms with Crippen LogP contribution in [0.4, 0.5) is 4.79 Å². The van der Waals surface area contributed by atoms with Crippen LogP contribution < -0.4 is 0 Å². The number of hydroxylamine groups is 2. The fourth-order valence-corrected chi connectivity index (χ4v) is 4.53. The van der Waals surface area contributed by atoms with Gasteiger partial charge in [0.2, 0.25) is 0 Å². The molecule has 3 fully saturated rings. The molecule has 1 saturated carbocycles. The molecule has 1 spiro atoms. The average Bonchev–Trinajstić information content (AvgIpc) is 3.47. The summed E-state index contributed by atoms with van der Waals surface area (Å²) in [5.41, 5.74) is 1.94. The SMILES string of the molecule is O=C(OCc1ccccc1)C1CC2(CC2)[C@H]2CN1C(=O)N2OCc1ccccc1. The minimum absolute atomic E-state index is 0.0110. The number of ether oxygens (including phenoxy) is 1. The molecule has 0 radical (unpaired) electrons. The summed E-state index contributed by atoms with van der Waals surface area (Å²) in [6.45, 7) is 1.09. The van der Waals surface area contributed by atoms with Crippen molar-refractivity contribution in [1.29, 1.82) is 0 Å². The number of nitrogens with zero attached hydrogens (tertiary/aromatic N) is 2. The fourth-order valence-electron chi connectivity index (χ4n) is 4.53. The van der Waals surface area contributed by atoms with Crippen molar-refractivity contribution in [1.82, 2.24) is 9.96 Å². The lowest BCUT2D eigenvalue weighted by atomic mass is 9.85. The summed E-state index contributed by atoms with van der Waals surface area (Å²) < 4.78 is 5.56. The third-order valence-corrected chi connectivity index (χ3v) is 6.37. The van der Waals surface area contributed by atoms with Crippen LogP contribution in [0.1, 0.15) is 30.4 Å². The Bertz CT molecular complexity index is 898. The van der Waals surface area contributed by atoms with Gasteiger partial charge in [-0.05, 0) is 35.8 Å². The monoisotopic (exact) mass is 392 g/mol. The minimum Gasteiger partial charge on any atom is -0.459 e. The van der Waals surface area contributed by atoms with Gasteiger partial charge in [0.1, 0.15) is 19.3 Å². The molecule has 0 N–H and O–H groups in total. The van der Waals surface area contributed by atoms with E-state index in [0.717, 1.165) is 24.0 Å². The van der Waals surface area contributed by atoms with E-state index >= 15 is 0 Å². The van der Waals surface area contributed by atoms with Crippen LogP contribution in [0.3, 0.4) is 0 Å². The number of hydrogen-bond acceptors (Lipinski definition) is 4. The van der Waals surface area contributed by atoms with E-state index in [-0.39, 0.29) is 30.1 Å². The van der Waals surface area contributed by atoms with Gasteiger partial charge in [-0.25, -0.2) is 9.59 Å². The second-order valence-corrected chi connectivity index (χ2v) is 8.21. The molecule has 2 amide bonds. The molecule has 2 saturated heterocycles. The van der Waals surface area contributed by atoms with Crippen molar-refractivity contribution in [2.45, 2.75) is 44.6 Å². The van der Waals surface area contributed by atoms with Gasteiger partial charge in [0.05, 0.1) is 6.04 Å². The average molecular weight is 392 g/mol. The molecule has 6 nitrogen and oxygen atoms in total. The van der Waals surface area contributed by atoms with E-state index in [2.05, 4.69) is 0 Å². The summed E-state index contributed by atoms with van der Waals surface area (Å²) in [6, 6.07) is 18.7. The molecule has 29 heavy (non-hydrogen) atoms. The van der Waals surface area contributed by atoms with Crippen molar-refractivity contribution in [2.24, 2.45) is 5.41 Å². The van der Waals surface area contributed by atoms with Crippen molar-refractivity contribution in [3.05, 3.63) is 71.8 Å². The Morgan fingerprint density at radius 3 is 2.21 bits per heavy atom. The Morgan fingerprint density at radius 2 is 1.59 bits per heavy atom. The van der Waals surface area contributed by atoms with Crippen LogP contribution in [0.5, 0.6) is 0 Å². The number of amides is 2. The standard InChI is InChI=1S/C23H24N2O4/c26-21(28-15-17-7-3-1-4-8-17)19-13-23(11-12-23)20-14-24(19)22(27)25(20)29-16-18-9-5-2-6-10-18/h1-10,19-20H,11-16H2/t19?,20-/m1/s1. The highest BCUT2D eigenvalue weighted by atomic mass is 16.7. The number of rotatable bonds is 6. The van der Waals surface area contributed by atoms with E-state index in [4.69, 9.17) is 9.57 Å². The molecule has 2 aromatic carbocycles. The first-order valence-electron chi connectivity index (χ1n) is 10.1. The van der Waals surface area contributed by atoms with Crippen LogP contribution >= 0.6 is 0 Å². The Morgan fingerprint density at radius 1 is 0.966 bits per heavy atom. The lowest BCUT2D eigenvalue weighted by molar-refractivity contribution is -0.157. The molecule has 6 heteroatoms. The normalized spacial score (nSPS) is 24.1. The van der Waals surface area contributed by atoms with Gasteiger partial charge in [-0.3, -0.25) is 4.84 Å². The second kappa shape index (κ2) is 7.19. The fraction of sp³-hybridized carbons (Fsp3) is 0.391. The number of benzene rings is 2. The van der Waals surface area contributed by atoms with Crippen molar-refractivity contribution in [3.8, 4) is 0 Å². The third kappa shape index (κ3) is 3.38. The second-order valence-electron chi connectivity index (χ2n) is 8.21. The van der Waals surface area contributed by atoms with Crippen LogP contribution in [-0.4, -0.2) is 40.6 Å². The lowest BCUT2D eigenvalue weighted by Gasteiger charge is -2.35. The highest BCUT2D eigenvalue weighted by Gasteiger charge is 2.64. The summed E-state index contributed by atoms with van der Waals surface area (Å²) in [5, 5.41) is 1.52. The molecule has 0 aromatic heterocycles. The zero-order valence-corrected chi connectivity index (χ0v) is 16.2. The number of carbonyl (C=O) groups excluding carboxylic acids is 2. The Hall–Kier alpha value is -2.86. The molecule has 2 aliphatic heterocycles. The van der Waals surface area contributed by atoms with Crippen molar-refractivity contribution >= 4 is 12.0 Å². The molecular weight excluding hydrogens is 368 g/mol. The predicted octanol–water partition coefficient (Wildman–Crippen LogP) is 3.52. The zero-order valence-electron chi connectivity index (χ0n) is 16.2. The van der Waals surface area contributed by atoms with Gasteiger partial charge >= 0.3 is 12.0 Å². The number of urea groups is 1. The molecule has 2 atom stereocenters. The summed E-state index contributed by atoms with van der Waals surface area (Å²) >= 11 is 0. The number of esters is 1. The summed E-state index contributed by atoms with van der Waals surface area (Å²) in [5.74, 6) is -0.322. The van der Waals surface area contributed by atoms with E-state index in [1.165, 1.54) is 5.06 Å². The first kappa shape index (κ1) is 18.2. The van der Waals surface area contributed by atoms with Gasteiger partial charge in [0.15, 0.2) is 0 Å². The maximum atomic E-state index is 13.0. The van der Waals surface area contributed by atoms with E-state index in [0.29, 0.717) is 19.6 Å². The van der Waals surface area contributed by atoms with Crippen molar-refractivity contribution < 1.29 is 19.2 Å². The van der Waals surface area contributed by atoms with E-state index in [1.807, 2.05) is 60.7 Å². The van der Waals surface area contributed by atoms with Gasteiger partial charge < -0.3 is 9.64 Å². The van der Waals surface area contributed by atoms with Gasteiger partial charge in [0.25, 0.3) is 0 Å². The van der Waals surface area contributed by atoms with Gasteiger partial charge in [-0.2, -0.15) is 5.06 Å². The summed E-state index contributed by atoms with van der Waals surface area (Å²) in [7, 11) is 0. The molecule has 2 heterocycles. The molecule has 5 rings (SSSR count). The molecule has 3 aliphatic rings.